The van der Waals surface area contributed by atoms with Crippen molar-refractivity contribution in [1.29, 1.82) is 0 Å². The second kappa shape index (κ2) is 6.17. The van der Waals surface area contributed by atoms with Crippen LogP contribution >= 0.6 is 27.5 Å². The molecule has 0 aromatic heterocycles. The van der Waals surface area contributed by atoms with E-state index in [0.29, 0.717) is 6.04 Å². The molecule has 0 amide bonds. The van der Waals surface area contributed by atoms with Gasteiger partial charge in [0.25, 0.3) is 0 Å². The van der Waals surface area contributed by atoms with Gasteiger partial charge in [-0.1, -0.05) is 39.7 Å². The first kappa shape index (κ1) is 13.9. The minimum Gasteiger partial charge on any atom is -0.383 e. The van der Waals surface area contributed by atoms with E-state index in [0.717, 1.165) is 29.0 Å². The topological polar surface area (TPSA) is 24.1 Å². The van der Waals surface area contributed by atoms with Gasteiger partial charge >= 0.3 is 0 Å². The molecule has 1 heterocycles. The Hall–Kier alpha value is -1.03. The highest BCUT2D eigenvalue weighted by molar-refractivity contribution is 9.10. The number of benzene rings is 2. The van der Waals surface area contributed by atoms with E-state index in [-0.39, 0.29) is 0 Å². The number of halogens is 2. The van der Waals surface area contributed by atoms with Crippen molar-refractivity contribution < 1.29 is 0 Å². The van der Waals surface area contributed by atoms with Crippen LogP contribution in [-0.4, -0.2) is 12.6 Å². The molecular weight excluding hydrogens is 336 g/mol. The Balaban J connectivity index is 1.70. The smallest absolute Gasteiger partial charge is 0.0408 e. The molecule has 1 unspecified atom stereocenters. The SMILES string of the molecule is Clc1cccc(CC2CNc3ccc(Br)cc3CN2)c1. The molecule has 20 heavy (non-hydrogen) atoms. The maximum absolute atomic E-state index is 6.04. The van der Waals surface area contributed by atoms with Crippen LogP contribution in [0.5, 0.6) is 0 Å². The zero-order valence-corrected chi connectivity index (χ0v) is 13.3. The average molecular weight is 352 g/mol. The minimum absolute atomic E-state index is 0.402. The second-order valence-corrected chi connectivity index (χ2v) is 6.45. The third-order valence-electron chi connectivity index (χ3n) is 3.56. The van der Waals surface area contributed by atoms with Gasteiger partial charge < -0.3 is 10.6 Å². The molecule has 0 radical (unpaired) electrons. The van der Waals surface area contributed by atoms with Gasteiger partial charge in [-0.25, -0.2) is 0 Å². The highest BCUT2D eigenvalue weighted by atomic mass is 79.9. The molecule has 2 nitrogen and oxygen atoms in total. The molecule has 2 aromatic rings. The molecule has 1 aliphatic rings. The zero-order valence-electron chi connectivity index (χ0n) is 11.0. The summed E-state index contributed by atoms with van der Waals surface area (Å²) in [5.41, 5.74) is 3.78. The van der Waals surface area contributed by atoms with Crippen LogP contribution < -0.4 is 10.6 Å². The van der Waals surface area contributed by atoms with Crippen molar-refractivity contribution >= 4 is 33.2 Å². The fraction of sp³-hybridized carbons (Fsp3) is 0.250. The molecule has 0 aliphatic carbocycles. The summed E-state index contributed by atoms with van der Waals surface area (Å²) in [4.78, 5) is 0. The van der Waals surface area contributed by atoms with Crippen molar-refractivity contribution in [1.82, 2.24) is 5.32 Å². The van der Waals surface area contributed by atoms with E-state index >= 15 is 0 Å². The monoisotopic (exact) mass is 350 g/mol. The quantitative estimate of drug-likeness (QED) is 0.846. The van der Waals surface area contributed by atoms with Gasteiger partial charge in [0.15, 0.2) is 0 Å². The van der Waals surface area contributed by atoms with Gasteiger partial charge in [0.1, 0.15) is 0 Å². The van der Waals surface area contributed by atoms with Gasteiger partial charge in [0, 0.05) is 34.3 Å². The highest BCUT2D eigenvalue weighted by Crippen LogP contribution is 2.23. The summed E-state index contributed by atoms with van der Waals surface area (Å²) < 4.78 is 1.12. The molecule has 0 saturated heterocycles. The molecule has 1 aliphatic heterocycles. The van der Waals surface area contributed by atoms with Crippen molar-refractivity contribution in [3.8, 4) is 0 Å². The summed E-state index contributed by atoms with van der Waals surface area (Å²) in [5.74, 6) is 0. The number of rotatable bonds is 2. The zero-order chi connectivity index (χ0) is 13.9. The number of hydrogen-bond acceptors (Lipinski definition) is 2. The first-order valence-corrected chi connectivity index (χ1v) is 7.88. The van der Waals surface area contributed by atoms with Crippen molar-refractivity contribution in [3.63, 3.8) is 0 Å². The summed E-state index contributed by atoms with van der Waals surface area (Å²) in [5, 5.41) is 7.93. The van der Waals surface area contributed by atoms with Gasteiger partial charge in [-0.05, 0) is 47.9 Å². The molecule has 0 fully saturated rings. The molecule has 2 N–H and O–H groups in total. The van der Waals surface area contributed by atoms with Crippen LogP contribution in [0.25, 0.3) is 0 Å². The molecule has 0 saturated carbocycles. The van der Waals surface area contributed by atoms with Crippen LogP contribution in [0.1, 0.15) is 11.1 Å². The lowest BCUT2D eigenvalue weighted by molar-refractivity contribution is 0.537. The summed E-state index contributed by atoms with van der Waals surface area (Å²) in [6.45, 7) is 1.80. The molecule has 2 aromatic carbocycles. The number of nitrogens with one attached hydrogen (secondary N) is 2. The fourth-order valence-corrected chi connectivity index (χ4v) is 3.15. The van der Waals surface area contributed by atoms with E-state index in [1.807, 2.05) is 18.2 Å². The van der Waals surface area contributed by atoms with E-state index in [1.165, 1.54) is 16.8 Å². The second-order valence-electron chi connectivity index (χ2n) is 5.09. The van der Waals surface area contributed by atoms with E-state index in [2.05, 4.69) is 50.8 Å². The van der Waals surface area contributed by atoms with Gasteiger partial charge in [0.2, 0.25) is 0 Å². The van der Waals surface area contributed by atoms with Crippen LogP contribution in [0.15, 0.2) is 46.9 Å². The van der Waals surface area contributed by atoms with Crippen LogP contribution in [0.2, 0.25) is 5.02 Å². The first-order valence-electron chi connectivity index (χ1n) is 6.71. The molecule has 104 valence electrons. The van der Waals surface area contributed by atoms with Crippen LogP contribution in [0, 0.1) is 0 Å². The third-order valence-corrected chi connectivity index (χ3v) is 4.29. The lowest BCUT2D eigenvalue weighted by Crippen LogP contribution is -2.34. The van der Waals surface area contributed by atoms with E-state index < -0.39 is 0 Å². The largest absolute Gasteiger partial charge is 0.383 e. The summed E-state index contributed by atoms with van der Waals surface area (Å²) >= 11 is 9.57. The van der Waals surface area contributed by atoms with Gasteiger partial charge in [-0.3, -0.25) is 0 Å². The Kier molecular flexibility index (Phi) is 4.29. The van der Waals surface area contributed by atoms with Crippen LogP contribution in [0.3, 0.4) is 0 Å². The van der Waals surface area contributed by atoms with Gasteiger partial charge in [-0.2, -0.15) is 0 Å². The lowest BCUT2D eigenvalue weighted by Gasteiger charge is -2.16. The molecule has 4 heteroatoms. The maximum atomic E-state index is 6.04. The Bertz CT molecular complexity index is 615. The normalized spacial score (nSPS) is 18.0. The Morgan fingerprint density at radius 3 is 2.95 bits per heavy atom. The number of hydrogen-bond donors (Lipinski definition) is 2. The minimum atomic E-state index is 0.402. The van der Waals surface area contributed by atoms with Crippen molar-refractivity contribution in [2.24, 2.45) is 0 Å². The lowest BCUT2D eigenvalue weighted by atomic mass is 10.1. The van der Waals surface area contributed by atoms with Crippen LogP contribution in [-0.2, 0) is 13.0 Å². The van der Waals surface area contributed by atoms with Gasteiger partial charge in [0.05, 0.1) is 0 Å². The van der Waals surface area contributed by atoms with Crippen molar-refractivity contribution in [2.45, 2.75) is 19.0 Å². The molecular formula is C16H16BrClN2. The molecule has 0 spiro atoms. The van der Waals surface area contributed by atoms with E-state index in [9.17, 15) is 0 Å². The van der Waals surface area contributed by atoms with Crippen LogP contribution in [0.4, 0.5) is 5.69 Å². The highest BCUT2D eigenvalue weighted by Gasteiger charge is 2.15. The van der Waals surface area contributed by atoms with Crippen molar-refractivity contribution in [3.05, 3.63) is 63.1 Å². The Morgan fingerprint density at radius 2 is 2.10 bits per heavy atom. The number of fused-ring (bicyclic) bond motifs is 1. The van der Waals surface area contributed by atoms with E-state index in [1.54, 1.807) is 0 Å². The Labute approximate surface area is 132 Å². The number of anilines is 1. The predicted octanol–water partition coefficient (Wildman–Crippen LogP) is 4.23. The van der Waals surface area contributed by atoms with Gasteiger partial charge in [-0.15, -0.1) is 0 Å². The summed E-state index contributed by atoms with van der Waals surface area (Å²) in [6, 6.07) is 14.9. The standard InChI is InChI=1S/C16H16BrClN2/c17-13-4-5-16-12(8-13)9-19-15(10-20-16)7-11-2-1-3-14(18)6-11/h1-6,8,15,19-20H,7,9-10H2. The first-order chi connectivity index (χ1) is 9.70. The fourth-order valence-electron chi connectivity index (χ4n) is 2.53. The molecule has 1 atom stereocenters. The third kappa shape index (κ3) is 3.35. The van der Waals surface area contributed by atoms with E-state index in [4.69, 9.17) is 11.6 Å². The molecule has 3 rings (SSSR count). The summed E-state index contributed by atoms with van der Waals surface area (Å²) in [6.07, 6.45) is 0.975. The maximum Gasteiger partial charge on any atom is 0.0408 e. The Morgan fingerprint density at radius 1 is 1.20 bits per heavy atom. The average Bonchev–Trinajstić information content (AvgIpc) is 2.61. The summed E-state index contributed by atoms with van der Waals surface area (Å²) in [7, 11) is 0. The van der Waals surface area contributed by atoms with Crippen molar-refractivity contribution in [2.75, 3.05) is 11.9 Å². The molecule has 0 bridgehead atoms. The predicted molar refractivity (Wildman–Crippen MR) is 88.4 cm³/mol.